The lowest BCUT2D eigenvalue weighted by Crippen LogP contribution is -2.41. The molecule has 0 aliphatic rings. The largest absolute Gasteiger partial charge is 0.454 e. The predicted molar refractivity (Wildman–Crippen MR) is 109 cm³/mol. The summed E-state index contributed by atoms with van der Waals surface area (Å²) in [5.41, 5.74) is 4.25. The maximum atomic E-state index is 13.5. The molecule has 0 bridgehead atoms. The van der Waals surface area contributed by atoms with Crippen LogP contribution in [-0.2, 0) is 11.3 Å². The lowest BCUT2D eigenvalue weighted by molar-refractivity contribution is -0.121. The van der Waals surface area contributed by atoms with Gasteiger partial charge in [-0.1, -0.05) is 13.8 Å². The molecule has 0 spiro atoms. The number of amides is 3. The number of carbonyl (C=O) groups excluding carboxylic acids is 3. The van der Waals surface area contributed by atoms with Gasteiger partial charge in [0.25, 0.3) is 5.91 Å². The van der Waals surface area contributed by atoms with Gasteiger partial charge in [0.15, 0.2) is 5.76 Å². The van der Waals surface area contributed by atoms with Crippen LogP contribution in [0.5, 0.6) is 0 Å². The zero-order valence-electron chi connectivity index (χ0n) is 17.5. The normalized spacial score (nSPS) is 10.7. The highest BCUT2D eigenvalue weighted by atomic mass is 19.1. The molecule has 0 saturated heterocycles. The van der Waals surface area contributed by atoms with Crippen molar-refractivity contribution in [3.8, 4) is 0 Å². The minimum absolute atomic E-state index is 0.0117. The number of hydrogen-bond acceptors (Lipinski definition) is 5. The fraction of sp³-hybridized carbons (Fsp3) is 0.381. The average molecular weight is 436 g/mol. The van der Waals surface area contributed by atoms with Gasteiger partial charge in [-0.05, 0) is 43.8 Å². The van der Waals surface area contributed by atoms with Crippen molar-refractivity contribution in [2.24, 2.45) is 0 Å². The molecule has 0 saturated carbocycles. The van der Waals surface area contributed by atoms with E-state index in [1.165, 1.54) is 6.07 Å². The van der Waals surface area contributed by atoms with E-state index in [4.69, 9.17) is 4.42 Å². The molecule has 1 aromatic heterocycles. The van der Waals surface area contributed by atoms with Crippen LogP contribution < -0.4 is 16.2 Å². The smallest absolute Gasteiger partial charge is 0.305 e. The number of halogens is 2. The van der Waals surface area contributed by atoms with Crippen LogP contribution >= 0.6 is 0 Å². The number of benzene rings is 1. The Morgan fingerprint density at radius 3 is 2.42 bits per heavy atom. The Labute approximate surface area is 178 Å². The van der Waals surface area contributed by atoms with Crippen LogP contribution in [0.4, 0.5) is 8.78 Å². The highest BCUT2D eigenvalue weighted by Gasteiger charge is 2.14. The van der Waals surface area contributed by atoms with Crippen LogP contribution in [0.2, 0.25) is 0 Å². The summed E-state index contributed by atoms with van der Waals surface area (Å²) >= 11 is 0. The first-order chi connectivity index (χ1) is 14.8. The van der Waals surface area contributed by atoms with E-state index in [9.17, 15) is 23.2 Å². The summed E-state index contributed by atoms with van der Waals surface area (Å²) in [5, 5.41) is 2.45. The second kappa shape index (κ2) is 11.8. The average Bonchev–Trinajstić information content (AvgIpc) is 3.21. The van der Waals surface area contributed by atoms with Crippen LogP contribution in [0.1, 0.15) is 53.4 Å². The van der Waals surface area contributed by atoms with Crippen LogP contribution in [0.25, 0.3) is 0 Å². The Kier molecular flexibility index (Phi) is 9.13. The van der Waals surface area contributed by atoms with Gasteiger partial charge >= 0.3 is 5.91 Å². The molecule has 8 nitrogen and oxygen atoms in total. The van der Waals surface area contributed by atoms with Crippen molar-refractivity contribution in [1.82, 2.24) is 21.1 Å². The van der Waals surface area contributed by atoms with Gasteiger partial charge in [0.1, 0.15) is 17.4 Å². The third-order valence-electron chi connectivity index (χ3n) is 4.52. The molecule has 2 rings (SSSR count). The van der Waals surface area contributed by atoms with E-state index in [0.29, 0.717) is 18.4 Å². The van der Waals surface area contributed by atoms with Gasteiger partial charge < -0.3 is 9.73 Å². The molecular weight excluding hydrogens is 410 g/mol. The second-order valence-electron chi connectivity index (χ2n) is 6.71. The zero-order valence-corrected chi connectivity index (χ0v) is 17.5. The number of rotatable bonds is 10. The summed E-state index contributed by atoms with van der Waals surface area (Å²) in [6, 6.07) is 5.90. The summed E-state index contributed by atoms with van der Waals surface area (Å²) < 4.78 is 31.9. The Balaban J connectivity index is 1.68. The van der Waals surface area contributed by atoms with Crippen molar-refractivity contribution >= 4 is 17.7 Å². The van der Waals surface area contributed by atoms with Gasteiger partial charge in [-0.15, -0.1) is 0 Å². The highest BCUT2D eigenvalue weighted by Crippen LogP contribution is 2.11. The van der Waals surface area contributed by atoms with E-state index in [-0.39, 0.29) is 30.7 Å². The minimum atomic E-state index is -0.962. The van der Waals surface area contributed by atoms with E-state index in [1.54, 1.807) is 6.07 Å². The summed E-state index contributed by atoms with van der Waals surface area (Å²) in [4.78, 5) is 37.9. The first-order valence-electron chi connectivity index (χ1n) is 9.97. The number of nitrogens with zero attached hydrogens (tertiary/aromatic N) is 1. The van der Waals surface area contributed by atoms with E-state index >= 15 is 0 Å². The van der Waals surface area contributed by atoms with Crippen molar-refractivity contribution in [3.63, 3.8) is 0 Å². The van der Waals surface area contributed by atoms with Crippen LogP contribution in [0.3, 0.4) is 0 Å². The topological polar surface area (TPSA) is 104 Å². The fourth-order valence-electron chi connectivity index (χ4n) is 2.72. The van der Waals surface area contributed by atoms with Gasteiger partial charge in [0, 0.05) is 19.0 Å². The maximum Gasteiger partial charge on any atom is 0.305 e. The SMILES string of the molecule is CCN(CC)Cc1ccc(C(=O)NNC(=O)CCCNC(=O)c2ccc(F)cc2F)o1. The zero-order chi connectivity index (χ0) is 22.8. The monoisotopic (exact) mass is 436 g/mol. The van der Waals surface area contributed by atoms with E-state index in [2.05, 4.69) is 21.1 Å². The van der Waals surface area contributed by atoms with E-state index in [0.717, 1.165) is 25.2 Å². The number of nitrogens with one attached hydrogen (secondary N) is 3. The molecule has 3 amide bonds. The third-order valence-corrected chi connectivity index (χ3v) is 4.52. The molecular formula is C21H26F2N4O4. The Morgan fingerprint density at radius 2 is 1.74 bits per heavy atom. The molecule has 0 fully saturated rings. The first-order valence-corrected chi connectivity index (χ1v) is 9.97. The Hall–Kier alpha value is -3.27. The van der Waals surface area contributed by atoms with Crippen LogP contribution in [0, 0.1) is 11.6 Å². The summed E-state index contributed by atoms with van der Waals surface area (Å²) in [6.45, 7) is 6.45. The molecule has 0 unspecified atom stereocenters. The quantitative estimate of drug-likeness (QED) is 0.392. The molecule has 1 heterocycles. The molecule has 31 heavy (non-hydrogen) atoms. The standard InChI is InChI=1S/C21H26F2N4O4/c1-3-27(4-2)13-15-8-10-18(31-15)21(30)26-25-19(28)6-5-11-24-20(29)16-9-7-14(22)12-17(16)23/h7-10,12H,3-6,11,13H2,1-2H3,(H,24,29)(H,25,28)(H,26,30). The maximum absolute atomic E-state index is 13.5. The number of hydrazine groups is 1. The molecule has 2 aromatic rings. The molecule has 168 valence electrons. The molecule has 0 aliphatic carbocycles. The van der Waals surface area contributed by atoms with Gasteiger partial charge in [0.05, 0.1) is 12.1 Å². The number of hydrogen-bond donors (Lipinski definition) is 3. The minimum Gasteiger partial charge on any atom is -0.454 e. The molecule has 1 aromatic carbocycles. The van der Waals surface area contributed by atoms with Gasteiger partial charge in [-0.3, -0.25) is 30.1 Å². The van der Waals surface area contributed by atoms with Crippen molar-refractivity contribution in [3.05, 3.63) is 59.1 Å². The molecule has 0 radical (unpaired) electrons. The van der Waals surface area contributed by atoms with E-state index < -0.39 is 29.4 Å². The lowest BCUT2D eigenvalue weighted by Gasteiger charge is -2.15. The van der Waals surface area contributed by atoms with Crippen LogP contribution in [0.15, 0.2) is 34.7 Å². The summed E-state index contributed by atoms with van der Waals surface area (Å²) in [7, 11) is 0. The van der Waals surface area contributed by atoms with Crippen molar-refractivity contribution in [2.45, 2.75) is 33.2 Å². The van der Waals surface area contributed by atoms with Crippen molar-refractivity contribution in [1.29, 1.82) is 0 Å². The van der Waals surface area contributed by atoms with Crippen LogP contribution in [-0.4, -0.2) is 42.3 Å². The highest BCUT2D eigenvalue weighted by molar-refractivity contribution is 5.94. The van der Waals surface area contributed by atoms with Gasteiger partial charge in [0.2, 0.25) is 5.91 Å². The second-order valence-corrected chi connectivity index (χ2v) is 6.71. The summed E-state index contributed by atoms with van der Waals surface area (Å²) in [5.74, 6) is -2.77. The summed E-state index contributed by atoms with van der Waals surface area (Å²) in [6.07, 6.45) is 0.267. The molecule has 0 atom stereocenters. The van der Waals surface area contributed by atoms with Gasteiger partial charge in [-0.2, -0.15) is 0 Å². The predicted octanol–water partition coefficient (Wildman–Crippen LogP) is 2.37. The van der Waals surface area contributed by atoms with Crippen molar-refractivity contribution in [2.75, 3.05) is 19.6 Å². The van der Waals surface area contributed by atoms with Gasteiger partial charge in [-0.25, -0.2) is 8.78 Å². The van der Waals surface area contributed by atoms with E-state index in [1.807, 2.05) is 13.8 Å². The lowest BCUT2D eigenvalue weighted by atomic mass is 10.2. The number of furan rings is 1. The Bertz CT molecular complexity index is 913. The Morgan fingerprint density at radius 1 is 1.00 bits per heavy atom. The fourth-order valence-corrected chi connectivity index (χ4v) is 2.72. The molecule has 0 aliphatic heterocycles. The molecule has 10 heteroatoms. The first kappa shape index (κ1) is 24.0. The number of carbonyl (C=O) groups is 3. The van der Waals surface area contributed by atoms with Crippen molar-refractivity contribution < 1.29 is 27.6 Å². The molecule has 3 N–H and O–H groups in total. The third kappa shape index (κ3) is 7.49.